The van der Waals surface area contributed by atoms with Crippen LogP contribution < -0.4 is 0 Å². The van der Waals surface area contributed by atoms with Crippen LogP contribution in [-0.4, -0.2) is 4.32 Å². The second-order valence-corrected chi connectivity index (χ2v) is 4.08. The van der Waals surface area contributed by atoms with Gasteiger partial charge in [-0.3, -0.25) is 0 Å². The van der Waals surface area contributed by atoms with Crippen molar-refractivity contribution < 1.29 is 0 Å². The molecule has 0 aliphatic carbocycles. The van der Waals surface area contributed by atoms with Gasteiger partial charge in [-0.1, -0.05) is 42.1 Å². The smallest absolute Gasteiger partial charge is 0.167 e. The highest BCUT2D eigenvalue weighted by Gasteiger charge is 2.18. The van der Waals surface area contributed by atoms with E-state index in [1.165, 1.54) is 11.8 Å². The summed E-state index contributed by atoms with van der Waals surface area (Å²) in [5.41, 5.74) is 1.16. The van der Waals surface area contributed by atoms with Gasteiger partial charge in [0, 0.05) is 0 Å². The third-order valence-corrected chi connectivity index (χ3v) is 2.78. The van der Waals surface area contributed by atoms with E-state index < -0.39 is 0 Å². The number of rotatable bonds is 1. The molecule has 0 amide bonds. The predicted octanol–water partition coefficient (Wildman–Crippen LogP) is 3.17. The van der Waals surface area contributed by atoms with Crippen LogP contribution in [-0.2, 0) is 0 Å². The molecule has 0 saturated carbocycles. The van der Waals surface area contributed by atoms with Gasteiger partial charge < -0.3 is 0 Å². The molecule has 0 radical (unpaired) electrons. The average Bonchev–Trinajstić information content (AvgIpc) is 2.54. The predicted molar refractivity (Wildman–Crippen MR) is 54.2 cm³/mol. The van der Waals surface area contributed by atoms with E-state index in [0.717, 1.165) is 5.56 Å². The van der Waals surface area contributed by atoms with Crippen molar-refractivity contribution in [2.45, 2.75) is 5.37 Å². The van der Waals surface area contributed by atoms with Crippen molar-refractivity contribution in [2.24, 2.45) is 10.2 Å². The van der Waals surface area contributed by atoms with Crippen LogP contribution in [0.1, 0.15) is 10.9 Å². The van der Waals surface area contributed by atoms with Crippen LogP contribution in [0.2, 0.25) is 0 Å². The van der Waals surface area contributed by atoms with Gasteiger partial charge in [-0.2, -0.15) is 5.11 Å². The van der Waals surface area contributed by atoms with Gasteiger partial charge in [0.2, 0.25) is 0 Å². The fourth-order valence-corrected chi connectivity index (χ4v) is 1.99. The Morgan fingerprint density at radius 2 is 2.00 bits per heavy atom. The SMILES string of the molecule is S=C1N=NC(c2ccccc2)S1. The lowest BCUT2D eigenvalue weighted by Gasteiger charge is -2.01. The molecule has 0 N–H and O–H groups in total. The van der Waals surface area contributed by atoms with Crippen molar-refractivity contribution >= 4 is 28.3 Å². The first-order valence-corrected chi connectivity index (χ1v) is 4.81. The Kier molecular flexibility index (Phi) is 2.19. The molecule has 0 bridgehead atoms. The molecule has 1 atom stereocenters. The van der Waals surface area contributed by atoms with Gasteiger partial charge in [0.25, 0.3) is 0 Å². The van der Waals surface area contributed by atoms with Crippen molar-refractivity contribution in [1.82, 2.24) is 0 Å². The van der Waals surface area contributed by atoms with Crippen LogP contribution in [0.4, 0.5) is 0 Å². The van der Waals surface area contributed by atoms with E-state index >= 15 is 0 Å². The minimum atomic E-state index is 0.0821. The second kappa shape index (κ2) is 3.33. The molecule has 0 fully saturated rings. The van der Waals surface area contributed by atoms with Crippen LogP contribution in [0.5, 0.6) is 0 Å². The molecule has 0 spiro atoms. The number of hydrogen-bond donors (Lipinski definition) is 0. The highest BCUT2D eigenvalue weighted by atomic mass is 32.2. The number of azo groups is 1. The molecular weight excluding hydrogens is 188 g/mol. The topological polar surface area (TPSA) is 24.7 Å². The Hall–Kier alpha value is -0.740. The first-order valence-electron chi connectivity index (χ1n) is 3.53. The third-order valence-electron chi connectivity index (χ3n) is 1.54. The van der Waals surface area contributed by atoms with Gasteiger partial charge in [0.15, 0.2) is 4.32 Å². The number of benzene rings is 1. The number of hydrogen-bond acceptors (Lipinski definition) is 3. The Morgan fingerprint density at radius 1 is 1.25 bits per heavy atom. The Balaban J connectivity index is 2.23. The summed E-state index contributed by atoms with van der Waals surface area (Å²) in [4.78, 5) is 0. The molecule has 1 aromatic carbocycles. The van der Waals surface area contributed by atoms with Gasteiger partial charge >= 0.3 is 0 Å². The summed E-state index contributed by atoms with van der Waals surface area (Å²) < 4.78 is 0.629. The maximum absolute atomic E-state index is 4.90. The Bertz CT molecular complexity index is 321. The zero-order valence-corrected chi connectivity index (χ0v) is 7.81. The summed E-state index contributed by atoms with van der Waals surface area (Å²) in [6.07, 6.45) is 0. The normalized spacial score (nSPS) is 21.7. The van der Waals surface area contributed by atoms with Crippen molar-refractivity contribution in [3.63, 3.8) is 0 Å². The quantitative estimate of drug-likeness (QED) is 0.641. The number of thiocarbonyl (C=S) groups is 1. The molecule has 1 aliphatic heterocycles. The molecule has 1 aromatic rings. The van der Waals surface area contributed by atoms with Crippen LogP contribution in [0.3, 0.4) is 0 Å². The summed E-state index contributed by atoms with van der Waals surface area (Å²) >= 11 is 6.42. The number of thioether (sulfide) groups is 1. The van der Waals surface area contributed by atoms with E-state index in [2.05, 4.69) is 10.2 Å². The second-order valence-electron chi connectivity index (χ2n) is 2.36. The molecular formula is C8H6N2S2. The van der Waals surface area contributed by atoms with Crippen molar-refractivity contribution in [2.75, 3.05) is 0 Å². The van der Waals surface area contributed by atoms with Gasteiger partial charge in [-0.05, 0) is 17.8 Å². The zero-order chi connectivity index (χ0) is 8.39. The maximum atomic E-state index is 4.90. The molecule has 1 unspecified atom stereocenters. The van der Waals surface area contributed by atoms with Crippen molar-refractivity contribution in [3.05, 3.63) is 35.9 Å². The van der Waals surface area contributed by atoms with Gasteiger partial charge in [-0.15, -0.1) is 5.11 Å². The zero-order valence-electron chi connectivity index (χ0n) is 6.18. The lowest BCUT2D eigenvalue weighted by molar-refractivity contribution is 0.972. The lowest BCUT2D eigenvalue weighted by atomic mass is 10.2. The van der Waals surface area contributed by atoms with Crippen molar-refractivity contribution in [3.8, 4) is 0 Å². The molecule has 12 heavy (non-hydrogen) atoms. The average molecular weight is 194 g/mol. The standard InChI is InChI=1S/C8H6N2S2/c11-8-10-9-7(12-8)6-4-2-1-3-5-6/h1-5,7H. The highest BCUT2D eigenvalue weighted by Crippen LogP contribution is 2.36. The molecule has 0 saturated heterocycles. The summed E-state index contributed by atoms with van der Waals surface area (Å²) in [7, 11) is 0. The molecule has 2 nitrogen and oxygen atoms in total. The summed E-state index contributed by atoms with van der Waals surface area (Å²) in [5, 5.41) is 7.93. The van der Waals surface area contributed by atoms with Gasteiger partial charge in [0.1, 0.15) is 5.37 Å². The van der Waals surface area contributed by atoms with Crippen LogP contribution in [0, 0.1) is 0 Å². The van der Waals surface area contributed by atoms with Gasteiger partial charge in [0.05, 0.1) is 0 Å². The molecule has 1 aliphatic rings. The summed E-state index contributed by atoms with van der Waals surface area (Å²) in [5.74, 6) is 0. The van der Waals surface area contributed by atoms with E-state index in [0.29, 0.717) is 4.32 Å². The highest BCUT2D eigenvalue weighted by molar-refractivity contribution is 8.23. The minimum absolute atomic E-state index is 0.0821. The maximum Gasteiger partial charge on any atom is 0.184 e. The minimum Gasteiger partial charge on any atom is -0.167 e. The van der Waals surface area contributed by atoms with E-state index in [1.807, 2.05) is 30.3 Å². The summed E-state index contributed by atoms with van der Waals surface area (Å²) in [6.45, 7) is 0. The first-order chi connectivity index (χ1) is 5.86. The molecule has 1 heterocycles. The van der Waals surface area contributed by atoms with Gasteiger partial charge in [-0.25, -0.2) is 0 Å². The lowest BCUT2D eigenvalue weighted by Crippen LogP contribution is -1.85. The van der Waals surface area contributed by atoms with E-state index in [1.54, 1.807) is 0 Å². The Labute approximate surface area is 80.1 Å². The fraction of sp³-hybridized carbons (Fsp3) is 0.125. The van der Waals surface area contributed by atoms with E-state index in [-0.39, 0.29) is 5.37 Å². The van der Waals surface area contributed by atoms with Crippen molar-refractivity contribution in [1.29, 1.82) is 0 Å². The van der Waals surface area contributed by atoms with Crippen LogP contribution in [0.15, 0.2) is 40.6 Å². The number of nitrogens with zero attached hydrogens (tertiary/aromatic N) is 2. The molecule has 0 aromatic heterocycles. The molecule has 60 valence electrons. The Morgan fingerprint density at radius 3 is 2.58 bits per heavy atom. The van der Waals surface area contributed by atoms with E-state index in [4.69, 9.17) is 12.2 Å². The first kappa shape index (κ1) is 7.89. The van der Waals surface area contributed by atoms with E-state index in [9.17, 15) is 0 Å². The molecule has 2 rings (SSSR count). The largest absolute Gasteiger partial charge is 0.184 e. The monoisotopic (exact) mass is 194 g/mol. The summed E-state index contributed by atoms with van der Waals surface area (Å²) in [6, 6.07) is 10.0. The fourth-order valence-electron chi connectivity index (χ4n) is 0.995. The van der Waals surface area contributed by atoms with Crippen LogP contribution >= 0.6 is 24.0 Å². The third kappa shape index (κ3) is 1.54. The molecule has 4 heteroatoms. The van der Waals surface area contributed by atoms with Crippen LogP contribution in [0.25, 0.3) is 0 Å².